The Hall–Kier alpha value is -2.42. The summed E-state index contributed by atoms with van der Waals surface area (Å²) in [5.74, 6) is -2.28. The molecule has 2 N–H and O–H groups in total. The molecule has 0 saturated heterocycles. The van der Waals surface area contributed by atoms with Gasteiger partial charge in [-0.25, -0.2) is 9.82 Å². The summed E-state index contributed by atoms with van der Waals surface area (Å²) < 4.78 is 51.0. The van der Waals surface area contributed by atoms with Gasteiger partial charge in [0.25, 0.3) is 5.91 Å². The number of carbonyl (C=O) groups is 1. The molecular weight excluding hydrogens is 396 g/mol. The van der Waals surface area contributed by atoms with Crippen LogP contribution in [0.4, 0.5) is 17.6 Å². The summed E-state index contributed by atoms with van der Waals surface area (Å²) in [6.07, 6.45) is -3.49. The molecule has 9 heteroatoms. The quantitative estimate of drug-likeness (QED) is 0.460. The van der Waals surface area contributed by atoms with Gasteiger partial charge >= 0.3 is 6.18 Å². The Morgan fingerprint density at radius 3 is 2.42 bits per heavy atom. The molecule has 1 amide bonds. The number of phenolic OH excluding ortho intramolecular Hbond substituents is 1. The van der Waals surface area contributed by atoms with Crippen molar-refractivity contribution in [3.05, 3.63) is 63.4 Å². The van der Waals surface area contributed by atoms with Crippen LogP contribution in [0.1, 0.15) is 21.5 Å². The average Bonchev–Trinajstić information content (AvgIpc) is 2.51. The van der Waals surface area contributed by atoms with E-state index >= 15 is 0 Å². The number of alkyl halides is 3. The van der Waals surface area contributed by atoms with E-state index in [9.17, 15) is 27.5 Å². The average molecular weight is 405 g/mol. The molecule has 0 bridgehead atoms. The van der Waals surface area contributed by atoms with Crippen LogP contribution in [0, 0.1) is 5.82 Å². The number of phenols is 1. The molecule has 0 fully saturated rings. The first-order valence-corrected chi connectivity index (χ1v) is 7.16. The molecule has 0 aromatic heterocycles. The lowest BCUT2D eigenvalue weighted by Gasteiger charge is -2.07. The lowest BCUT2D eigenvalue weighted by atomic mass is 10.1. The molecule has 0 atom stereocenters. The Morgan fingerprint density at radius 1 is 1.21 bits per heavy atom. The lowest BCUT2D eigenvalue weighted by Crippen LogP contribution is -2.18. The van der Waals surface area contributed by atoms with Crippen LogP contribution in [0.2, 0.25) is 0 Å². The Labute approximate surface area is 141 Å². The van der Waals surface area contributed by atoms with Crippen molar-refractivity contribution < 1.29 is 27.5 Å². The largest absolute Gasteiger partial charge is 0.504 e. The van der Waals surface area contributed by atoms with E-state index in [0.29, 0.717) is 4.47 Å². The fourth-order valence-electron chi connectivity index (χ4n) is 1.72. The smallest absolute Gasteiger partial charge is 0.416 e. The Kier molecular flexibility index (Phi) is 5.23. The van der Waals surface area contributed by atoms with Crippen molar-refractivity contribution in [2.75, 3.05) is 0 Å². The van der Waals surface area contributed by atoms with Gasteiger partial charge in [0.15, 0.2) is 11.6 Å². The van der Waals surface area contributed by atoms with Crippen molar-refractivity contribution in [1.82, 2.24) is 5.43 Å². The first kappa shape index (κ1) is 17.9. The van der Waals surface area contributed by atoms with Crippen molar-refractivity contribution in [2.45, 2.75) is 6.18 Å². The highest BCUT2D eigenvalue weighted by Crippen LogP contribution is 2.29. The number of aromatic hydroxyl groups is 1. The number of halogens is 5. The molecule has 0 unspecified atom stereocenters. The standard InChI is InChI=1S/C15H9BrF4N2O2/c16-11-5-9(13(23)12(17)6-11)7-21-22-14(24)8-1-3-10(4-2-8)15(18,19)20/h1-7,23H,(H,22,24). The van der Waals surface area contributed by atoms with Crippen molar-refractivity contribution in [2.24, 2.45) is 5.10 Å². The van der Waals surface area contributed by atoms with E-state index in [4.69, 9.17) is 0 Å². The first-order chi connectivity index (χ1) is 11.2. The van der Waals surface area contributed by atoms with Crippen LogP contribution in [-0.2, 0) is 6.18 Å². The second-order valence-corrected chi connectivity index (χ2v) is 5.52. The molecule has 0 aliphatic carbocycles. The number of nitrogens with one attached hydrogen (secondary N) is 1. The third kappa shape index (κ3) is 4.31. The highest BCUT2D eigenvalue weighted by Gasteiger charge is 2.30. The van der Waals surface area contributed by atoms with Crippen molar-refractivity contribution in [3.63, 3.8) is 0 Å². The van der Waals surface area contributed by atoms with Gasteiger partial charge < -0.3 is 5.11 Å². The molecule has 0 spiro atoms. The van der Waals surface area contributed by atoms with Gasteiger partial charge in [-0.05, 0) is 36.4 Å². The lowest BCUT2D eigenvalue weighted by molar-refractivity contribution is -0.137. The maximum absolute atomic E-state index is 13.3. The number of hydrogen-bond acceptors (Lipinski definition) is 3. The van der Waals surface area contributed by atoms with Crippen LogP contribution in [0.15, 0.2) is 46.0 Å². The van der Waals surface area contributed by atoms with E-state index in [1.807, 2.05) is 0 Å². The van der Waals surface area contributed by atoms with Crippen molar-refractivity contribution in [3.8, 4) is 5.75 Å². The number of hydrogen-bond donors (Lipinski definition) is 2. The maximum Gasteiger partial charge on any atom is 0.416 e. The summed E-state index contributed by atoms with van der Waals surface area (Å²) in [5.41, 5.74) is 1.17. The predicted molar refractivity (Wildman–Crippen MR) is 82.3 cm³/mol. The van der Waals surface area contributed by atoms with Crippen LogP contribution in [-0.4, -0.2) is 17.2 Å². The number of carbonyl (C=O) groups excluding carboxylic acids is 1. The summed E-state index contributed by atoms with van der Waals surface area (Å²) in [5, 5.41) is 13.0. The number of benzene rings is 2. The Bertz CT molecular complexity index is 789. The van der Waals surface area contributed by atoms with Gasteiger partial charge in [-0.15, -0.1) is 0 Å². The molecular formula is C15H9BrF4N2O2. The summed E-state index contributed by atoms with van der Waals surface area (Å²) in [6, 6.07) is 5.97. The highest BCUT2D eigenvalue weighted by molar-refractivity contribution is 9.10. The summed E-state index contributed by atoms with van der Waals surface area (Å²) in [4.78, 5) is 11.8. The molecule has 0 heterocycles. The zero-order valence-corrected chi connectivity index (χ0v) is 13.3. The van der Waals surface area contributed by atoms with Gasteiger partial charge in [-0.1, -0.05) is 15.9 Å². The molecule has 0 saturated carbocycles. The van der Waals surface area contributed by atoms with Crippen LogP contribution >= 0.6 is 15.9 Å². The van der Waals surface area contributed by atoms with E-state index < -0.39 is 29.2 Å². The van der Waals surface area contributed by atoms with Gasteiger partial charge in [-0.2, -0.15) is 18.3 Å². The zero-order valence-electron chi connectivity index (χ0n) is 11.7. The highest BCUT2D eigenvalue weighted by atomic mass is 79.9. The Balaban J connectivity index is 2.08. The normalized spacial score (nSPS) is 11.7. The fourth-order valence-corrected chi connectivity index (χ4v) is 2.17. The van der Waals surface area contributed by atoms with E-state index in [0.717, 1.165) is 36.5 Å². The van der Waals surface area contributed by atoms with Crippen LogP contribution in [0.5, 0.6) is 5.75 Å². The third-order valence-electron chi connectivity index (χ3n) is 2.90. The monoisotopic (exact) mass is 404 g/mol. The summed E-state index contributed by atoms with van der Waals surface area (Å²) in [7, 11) is 0. The van der Waals surface area contributed by atoms with E-state index in [1.165, 1.54) is 6.07 Å². The van der Waals surface area contributed by atoms with Crippen LogP contribution in [0.25, 0.3) is 0 Å². The molecule has 0 radical (unpaired) electrons. The van der Waals surface area contributed by atoms with E-state index in [-0.39, 0.29) is 11.1 Å². The number of amides is 1. The molecule has 2 aromatic carbocycles. The zero-order chi connectivity index (χ0) is 17.9. The molecule has 0 aliphatic heterocycles. The number of rotatable bonds is 3. The number of hydrazone groups is 1. The van der Waals surface area contributed by atoms with Gasteiger partial charge in [-0.3, -0.25) is 4.79 Å². The molecule has 2 rings (SSSR count). The summed E-state index contributed by atoms with van der Waals surface area (Å²) >= 11 is 3.04. The van der Waals surface area contributed by atoms with Crippen LogP contribution in [0.3, 0.4) is 0 Å². The predicted octanol–water partition coefficient (Wildman–Crippen LogP) is 4.08. The Morgan fingerprint density at radius 2 is 1.83 bits per heavy atom. The second-order valence-electron chi connectivity index (χ2n) is 4.60. The molecule has 2 aromatic rings. The van der Waals surface area contributed by atoms with Crippen molar-refractivity contribution in [1.29, 1.82) is 0 Å². The molecule has 0 aliphatic rings. The topological polar surface area (TPSA) is 61.7 Å². The van der Waals surface area contributed by atoms with Crippen molar-refractivity contribution >= 4 is 28.1 Å². The molecule has 24 heavy (non-hydrogen) atoms. The van der Waals surface area contributed by atoms with Crippen LogP contribution < -0.4 is 5.43 Å². The minimum atomic E-state index is -4.49. The van der Waals surface area contributed by atoms with Gasteiger partial charge in [0.1, 0.15) is 0 Å². The molecule has 4 nitrogen and oxygen atoms in total. The summed E-state index contributed by atoms with van der Waals surface area (Å²) in [6.45, 7) is 0. The minimum Gasteiger partial charge on any atom is -0.504 e. The van der Waals surface area contributed by atoms with Gasteiger partial charge in [0.05, 0.1) is 11.8 Å². The minimum absolute atomic E-state index is 0.00888. The fraction of sp³-hybridized carbons (Fsp3) is 0.0667. The second kappa shape index (κ2) is 7.00. The van der Waals surface area contributed by atoms with E-state index in [1.54, 1.807) is 0 Å². The first-order valence-electron chi connectivity index (χ1n) is 6.37. The van der Waals surface area contributed by atoms with Gasteiger partial charge in [0, 0.05) is 15.6 Å². The maximum atomic E-state index is 13.3. The molecule has 126 valence electrons. The third-order valence-corrected chi connectivity index (χ3v) is 3.36. The number of nitrogens with zero attached hydrogens (tertiary/aromatic N) is 1. The SMILES string of the molecule is O=C(NN=Cc1cc(Br)cc(F)c1O)c1ccc(C(F)(F)F)cc1. The van der Waals surface area contributed by atoms with E-state index in [2.05, 4.69) is 26.5 Å². The van der Waals surface area contributed by atoms with Gasteiger partial charge in [0.2, 0.25) is 0 Å².